The van der Waals surface area contributed by atoms with Crippen LogP contribution in [0.5, 0.6) is 0 Å². The fourth-order valence-electron chi connectivity index (χ4n) is 3.00. The quantitative estimate of drug-likeness (QED) is 0.403. The van der Waals surface area contributed by atoms with Gasteiger partial charge in [-0.3, -0.25) is 14.8 Å². The van der Waals surface area contributed by atoms with E-state index >= 15 is 0 Å². The van der Waals surface area contributed by atoms with Gasteiger partial charge in [0, 0.05) is 31.2 Å². The van der Waals surface area contributed by atoms with Gasteiger partial charge >= 0.3 is 0 Å². The number of aryl methyl sites for hydroxylation is 1. The molecular weight excluding hydrogens is 372 g/mol. The highest BCUT2D eigenvalue weighted by atomic mass is 16.3. The molecule has 0 bridgehead atoms. The highest BCUT2D eigenvalue weighted by Crippen LogP contribution is 2.32. The summed E-state index contributed by atoms with van der Waals surface area (Å²) in [5, 5.41) is 26.4. The Morgan fingerprint density at radius 1 is 1.31 bits per heavy atom. The number of carbonyl (C=O) groups excluding carboxylic acids is 1. The first-order valence-corrected chi connectivity index (χ1v) is 8.90. The van der Waals surface area contributed by atoms with Crippen LogP contribution in [0.25, 0.3) is 0 Å². The lowest BCUT2D eigenvalue weighted by Crippen LogP contribution is -2.12. The zero-order valence-corrected chi connectivity index (χ0v) is 15.7. The number of aliphatic hydroxyl groups excluding tert-OH is 1. The molecular formula is C19H20N8O2. The second-order valence-electron chi connectivity index (χ2n) is 6.47. The van der Waals surface area contributed by atoms with Crippen LogP contribution < -0.4 is 21.3 Å². The molecule has 2 aromatic heterocycles. The van der Waals surface area contributed by atoms with E-state index in [-0.39, 0.29) is 5.91 Å². The second kappa shape index (κ2) is 7.70. The van der Waals surface area contributed by atoms with Gasteiger partial charge in [-0.1, -0.05) is 12.6 Å². The Kier molecular flexibility index (Phi) is 4.94. The van der Waals surface area contributed by atoms with Gasteiger partial charge in [-0.15, -0.1) is 0 Å². The lowest BCUT2D eigenvalue weighted by Gasteiger charge is -2.14. The fourth-order valence-corrected chi connectivity index (χ4v) is 3.00. The number of rotatable bonds is 6. The van der Waals surface area contributed by atoms with E-state index in [1.807, 2.05) is 19.3 Å². The first-order valence-electron chi connectivity index (χ1n) is 8.90. The molecule has 0 spiro atoms. The van der Waals surface area contributed by atoms with E-state index in [1.165, 1.54) is 6.08 Å². The first kappa shape index (κ1) is 18.6. The maximum absolute atomic E-state index is 11.5. The number of anilines is 5. The van der Waals surface area contributed by atoms with Crippen LogP contribution in [-0.2, 0) is 18.4 Å². The molecule has 10 heteroatoms. The summed E-state index contributed by atoms with van der Waals surface area (Å²) >= 11 is 0. The third-order valence-corrected chi connectivity index (χ3v) is 4.30. The summed E-state index contributed by atoms with van der Waals surface area (Å²) in [6.07, 6.45) is 3.83. The monoisotopic (exact) mass is 392 g/mol. The van der Waals surface area contributed by atoms with Crippen molar-refractivity contribution in [3.63, 3.8) is 0 Å². The van der Waals surface area contributed by atoms with Crippen molar-refractivity contribution < 1.29 is 9.90 Å². The molecule has 5 N–H and O–H groups in total. The molecule has 1 aliphatic heterocycles. The molecule has 29 heavy (non-hydrogen) atoms. The summed E-state index contributed by atoms with van der Waals surface area (Å²) in [5.41, 5.74) is 3.36. The molecule has 3 aromatic rings. The Morgan fingerprint density at radius 3 is 2.90 bits per heavy atom. The summed E-state index contributed by atoms with van der Waals surface area (Å²) in [5.74, 6) is 0.552. The van der Waals surface area contributed by atoms with Gasteiger partial charge in [-0.25, -0.2) is 4.98 Å². The highest BCUT2D eigenvalue weighted by molar-refractivity contribution is 5.99. The summed E-state index contributed by atoms with van der Waals surface area (Å²) in [4.78, 5) is 20.5. The number of amides is 1. The Bertz CT molecular complexity index is 1080. The number of aliphatic hydroxyl groups is 1. The van der Waals surface area contributed by atoms with Crippen molar-refractivity contribution in [3.8, 4) is 0 Å². The van der Waals surface area contributed by atoms with Crippen molar-refractivity contribution in [2.75, 3.05) is 16.0 Å². The van der Waals surface area contributed by atoms with Crippen LogP contribution in [0.2, 0.25) is 0 Å². The lowest BCUT2D eigenvalue weighted by atomic mass is 10.2. The number of carbonyl (C=O) groups is 1. The van der Waals surface area contributed by atoms with Crippen molar-refractivity contribution in [2.45, 2.75) is 12.8 Å². The Hall–Kier alpha value is -3.76. The summed E-state index contributed by atoms with van der Waals surface area (Å²) in [6, 6.07) is 7.17. The molecule has 0 saturated carbocycles. The molecule has 10 nitrogen and oxygen atoms in total. The molecule has 1 amide bonds. The van der Waals surface area contributed by atoms with E-state index < -0.39 is 6.23 Å². The average Bonchev–Trinajstić information content (AvgIpc) is 3.27. The number of nitrogens with one attached hydrogen (secondary N) is 4. The average molecular weight is 392 g/mol. The van der Waals surface area contributed by atoms with Crippen LogP contribution in [0.3, 0.4) is 0 Å². The predicted octanol–water partition coefficient (Wildman–Crippen LogP) is 1.92. The zero-order chi connectivity index (χ0) is 20.4. The van der Waals surface area contributed by atoms with Crippen molar-refractivity contribution in [2.24, 2.45) is 7.05 Å². The number of fused-ring (bicyclic) bond motifs is 1. The summed E-state index contributed by atoms with van der Waals surface area (Å²) in [7, 11) is 1.82. The molecule has 0 saturated heterocycles. The Balaban J connectivity index is 1.63. The molecule has 1 aliphatic rings. The van der Waals surface area contributed by atoms with Crippen molar-refractivity contribution in [3.05, 3.63) is 60.6 Å². The van der Waals surface area contributed by atoms with Crippen LogP contribution in [0.15, 0.2) is 49.3 Å². The van der Waals surface area contributed by atoms with Gasteiger partial charge in [0.25, 0.3) is 0 Å². The molecule has 1 aromatic carbocycles. The molecule has 1 atom stereocenters. The van der Waals surface area contributed by atoms with Gasteiger partial charge in [0.2, 0.25) is 11.9 Å². The van der Waals surface area contributed by atoms with Gasteiger partial charge < -0.3 is 21.1 Å². The van der Waals surface area contributed by atoms with Crippen LogP contribution in [0.4, 0.5) is 28.8 Å². The third-order valence-electron chi connectivity index (χ3n) is 4.30. The Morgan fingerprint density at radius 2 is 2.14 bits per heavy atom. The van der Waals surface area contributed by atoms with Crippen molar-refractivity contribution >= 4 is 34.7 Å². The molecule has 3 heterocycles. The minimum absolute atomic E-state index is 0.293. The van der Waals surface area contributed by atoms with Gasteiger partial charge in [0.1, 0.15) is 12.0 Å². The Labute approximate surface area is 166 Å². The van der Waals surface area contributed by atoms with Crippen LogP contribution in [0, 0.1) is 0 Å². The number of hydrogen-bond donors (Lipinski definition) is 5. The largest absolute Gasteiger partial charge is 0.374 e. The zero-order valence-electron chi connectivity index (χ0n) is 15.7. The predicted molar refractivity (Wildman–Crippen MR) is 109 cm³/mol. The molecule has 0 radical (unpaired) electrons. The van der Waals surface area contributed by atoms with Crippen LogP contribution in [-0.4, -0.2) is 30.8 Å². The lowest BCUT2D eigenvalue weighted by molar-refractivity contribution is -0.111. The number of nitrogens with zero attached hydrogens (tertiary/aromatic N) is 4. The molecule has 148 valence electrons. The second-order valence-corrected chi connectivity index (χ2v) is 6.47. The molecule has 0 fully saturated rings. The van der Waals surface area contributed by atoms with Crippen LogP contribution in [0.1, 0.15) is 17.5 Å². The van der Waals surface area contributed by atoms with Gasteiger partial charge in [0.05, 0.1) is 23.1 Å². The van der Waals surface area contributed by atoms with Gasteiger partial charge in [-0.05, 0) is 24.3 Å². The SMILES string of the molecule is C=CC(=O)Nc1cccc(Nc2nc3c(c(Nc4cnn(C)c4)n2)C(O)NC3)c1. The maximum Gasteiger partial charge on any atom is 0.247 e. The van der Waals surface area contributed by atoms with E-state index in [4.69, 9.17) is 0 Å². The van der Waals surface area contributed by atoms with E-state index in [0.29, 0.717) is 40.9 Å². The standard InChI is InChI=1S/C19H20N8O2/c1-3-15(28)22-11-5-4-6-12(7-11)24-19-25-14-9-20-18(29)16(14)17(26-19)23-13-8-21-27(2)10-13/h3-8,10,18,20,29H,1,9H2,2H3,(H,22,28)(H2,23,24,25,26). The number of benzene rings is 1. The molecule has 4 rings (SSSR count). The maximum atomic E-state index is 11.5. The number of aromatic nitrogens is 4. The van der Waals surface area contributed by atoms with E-state index in [0.717, 1.165) is 5.69 Å². The summed E-state index contributed by atoms with van der Waals surface area (Å²) in [6.45, 7) is 3.87. The third kappa shape index (κ3) is 4.08. The number of hydrogen-bond acceptors (Lipinski definition) is 8. The molecule has 0 aliphatic carbocycles. The molecule has 1 unspecified atom stereocenters. The van der Waals surface area contributed by atoms with Crippen molar-refractivity contribution in [1.29, 1.82) is 0 Å². The summed E-state index contributed by atoms with van der Waals surface area (Å²) < 4.78 is 1.67. The first-order chi connectivity index (χ1) is 14.0. The van der Waals surface area contributed by atoms with E-state index in [1.54, 1.807) is 29.1 Å². The van der Waals surface area contributed by atoms with Gasteiger partial charge in [0.15, 0.2) is 0 Å². The van der Waals surface area contributed by atoms with Crippen LogP contribution >= 0.6 is 0 Å². The minimum atomic E-state index is -0.851. The smallest absolute Gasteiger partial charge is 0.247 e. The topological polar surface area (TPSA) is 129 Å². The van der Waals surface area contributed by atoms with Gasteiger partial charge in [-0.2, -0.15) is 10.1 Å². The van der Waals surface area contributed by atoms with E-state index in [2.05, 4.69) is 42.9 Å². The van der Waals surface area contributed by atoms with E-state index in [9.17, 15) is 9.90 Å². The van der Waals surface area contributed by atoms with Crippen molar-refractivity contribution in [1.82, 2.24) is 25.1 Å². The minimum Gasteiger partial charge on any atom is -0.374 e. The highest BCUT2D eigenvalue weighted by Gasteiger charge is 2.27. The fraction of sp³-hybridized carbons (Fsp3) is 0.158. The normalized spacial score (nSPS) is 14.9.